The standard InChI is InChI=1S/C12H20N2O2S2/c1-13-7-11-6-12(17-9-11)18(15,16)14-8-10-4-2-3-5-10/h6,9-10,13-14H,2-5,7-8H2,1H3. The highest BCUT2D eigenvalue weighted by Crippen LogP contribution is 2.25. The summed E-state index contributed by atoms with van der Waals surface area (Å²) >= 11 is 1.29. The van der Waals surface area contributed by atoms with Crippen LogP contribution >= 0.6 is 11.3 Å². The molecule has 0 bridgehead atoms. The lowest BCUT2D eigenvalue weighted by atomic mass is 10.1. The van der Waals surface area contributed by atoms with Crippen molar-refractivity contribution in [3.8, 4) is 0 Å². The largest absolute Gasteiger partial charge is 0.316 e. The van der Waals surface area contributed by atoms with E-state index in [0.29, 0.717) is 23.2 Å². The van der Waals surface area contributed by atoms with E-state index in [0.717, 1.165) is 18.4 Å². The summed E-state index contributed by atoms with van der Waals surface area (Å²) in [5, 5.41) is 4.91. The summed E-state index contributed by atoms with van der Waals surface area (Å²) in [5.74, 6) is 0.525. The van der Waals surface area contributed by atoms with Crippen LogP contribution in [0.1, 0.15) is 31.2 Å². The van der Waals surface area contributed by atoms with Gasteiger partial charge in [-0.1, -0.05) is 12.8 Å². The molecule has 0 unspecified atom stereocenters. The molecule has 18 heavy (non-hydrogen) atoms. The first-order chi connectivity index (χ1) is 8.62. The van der Waals surface area contributed by atoms with Crippen LogP contribution in [0.3, 0.4) is 0 Å². The van der Waals surface area contributed by atoms with Gasteiger partial charge in [-0.2, -0.15) is 0 Å². The Morgan fingerprint density at radius 1 is 1.39 bits per heavy atom. The van der Waals surface area contributed by atoms with Crippen molar-refractivity contribution in [2.75, 3.05) is 13.6 Å². The topological polar surface area (TPSA) is 58.2 Å². The lowest BCUT2D eigenvalue weighted by molar-refractivity contribution is 0.520. The molecule has 0 atom stereocenters. The zero-order valence-electron chi connectivity index (χ0n) is 10.6. The Bertz CT molecular complexity index is 476. The Kier molecular flexibility index (Phi) is 4.77. The first kappa shape index (κ1) is 14.0. The predicted molar refractivity (Wildman–Crippen MR) is 74.2 cm³/mol. The van der Waals surface area contributed by atoms with Crippen molar-refractivity contribution in [3.05, 3.63) is 17.0 Å². The van der Waals surface area contributed by atoms with Gasteiger partial charge in [0.25, 0.3) is 0 Å². The Morgan fingerprint density at radius 2 is 2.11 bits per heavy atom. The minimum atomic E-state index is -3.30. The second kappa shape index (κ2) is 6.14. The SMILES string of the molecule is CNCc1csc(S(=O)(=O)NCC2CCCC2)c1. The summed E-state index contributed by atoms with van der Waals surface area (Å²) in [6.07, 6.45) is 4.77. The van der Waals surface area contributed by atoms with E-state index in [4.69, 9.17) is 0 Å². The molecule has 1 fully saturated rings. The van der Waals surface area contributed by atoms with Gasteiger partial charge in [0.2, 0.25) is 10.0 Å². The molecule has 1 aliphatic carbocycles. The molecule has 0 spiro atoms. The van der Waals surface area contributed by atoms with Gasteiger partial charge >= 0.3 is 0 Å². The van der Waals surface area contributed by atoms with Gasteiger partial charge in [0.05, 0.1) is 0 Å². The normalized spacial score (nSPS) is 17.4. The fourth-order valence-electron chi connectivity index (χ4n) is 2.30. The molecule has 2 N–H and O–H groups in total. The highest BCUT2D eigenvalue weighted by atomic mass is 32.2. The van der Waals surface area contributed by atoms with Crippen molar-refractivity contribution in [1.82, 2.24) is 10.0 Å². The summed E-state index contributed by atoms with van der Waals surface area (Å²) in [4.78, 5) is 0. The molecule has 4 nitrogen and oxygen atoms in total. The van der Waals surface area contributed by atoms with E-state index < -0.39 is 10.0 Å². The maximum atomic E-state index is 12.1. The van der Waals surface area contributed by atoms with Gasteiger partial charge in [-0.05, 0) is 42.8 Å². The molecule has 2 rings (SSSR count). The van der Waals surface area contributed by atoms with Gasteiger partial charge < -0.3 is 5.32 Å². The maximum absolute atomic E-state index is 12.1. The van der Waals surface area contributed by atoms with Crippen molar-refractivity contribution in [2.45, 2.75) is 36.4 Å². The van der Waals surface area contributed by atoms with Crippen molar-refractivity contribution in [3.63, 3.8) is 0 Å². The van der Waals surface area contributed by atoms with Crippen LogP contribution in [0.2, 0.25) is 0 Å². The van der Waals surface area contributed by atoms with Crippen LogP contribution in [-0.4, -0.2) is 22.0 Å². The molecule has 1 aromatic heterocycles. The van der Waals surface area contributed by atoms with Gasteiger partial charge in [-0.3, -0.25) is 0 Å². The Hall–Kier alpha value is -0.430. The van der Waals surface area contributed by atoms with E-state index in [1.807, 2.05) is 12.4 Å². The first-order valence-corrected chi connectivity index (χ1v) is 8.70. The third-order valence-corrected chi connectivity index (χ3v) is 6.22. The molecule has 1 aromatic rings. The molecule has 0 aromatic carbocycles. The van der Waals surface area contributed by atoms with Crippen LogP contribution in [0.5, 0.6) is 0 Å². The molecular weight excluding hydrogens is 268 g/mol. The highest BCUT2D eigenvalue weighted by molar-refractivity contribution is 7.91. The van der Waals surface area contributed by atoms with E-state index in [9.17, 15) is 8.42 Å². The van der Waals surface area contributed by atoms with Crippen molar-refractivity contribution >= 4 is 21.4 Å². The Balaban J connectivity index is 1.95. The van der Waals surface area contributed by atoms with Crippen LogP contribution in [0.25, 0.3) is 0 Å². The molecule has 0 amide bonds. The highest BCUT2D eigenvalue weighted by Gasteiger charge is 2.20. The molecule has 1 aliphatic rings. The van der Waals surface area contributed by atoms with Gasteiger partial charge in [-0.25, -0.2) is 13.1 Å². The molecule has 0 radical (unpaired) electrons. The fraction of sp³-hybridized carbons (Fsp3) is 0.667. The lowest BCUT2D eigenvalue weighted by Gasteiger charge is -2.09. The third kappa shape index (κ3) is 3.54. The van der Waals surface area contributed by atoms with Crippen LogP contribution in [0, 0.1) is 5.92 Å². The molecule has 6 heteroatoms. The van der Waals surface area contributed by atoms with Gasteiger partial charge in [0, 0.05) is 13.1 Å². The van der Waals surface area contributed by atoms with Crippen LogP contribution in [0.4, 0.5) is 0 Å². The maximum Gasteiger partial charge on any atom is 0.250 e. The number of thiophene rings is 1. The molecule has 0 aliphatic heterocycles. The summed E-state index contributed by atoms with van der Waals surface area (Å²) in [6.45, 7) is 1.29. The average molecular weight is 288 g/mol. The second-order valence-electron chi connectivity index (χ2n) is 4.81. The van der Waals surface area contributed by atoms with E-state index in [1.165, 1.54) is 24.2 Å². The van der Waals surface area contributed by atoms with E-state index >= 15 is 0 Å². The minimum Gasteiger partial charge on any atom is -0.316 e. The molecule has 0 saturated heterocycles. The number of hydrogen-bond acceptors (Lipinski definition) is 4. The Morgan fingerprint density at radius 3 is 2.78 bits per heavy atom. The van der Waals surface area contributed by atoms with Crippen molar-refractivity contribution < 1.29 is 8.42 Å². The Labute approximate surface area is 113 Å². The van der Waals surface area contributed by atoms with Gasteiger partial charge in [0.15, 0.2) is 0 Å². The summed E-state index contributed by atoms with van der Waals surface area (Å²) in [5.41, 5.74) is 1.02. The minimum absolute atomic E-state index is 0.422. The number of rotatable bonds is 6. The zero-order valence-corrected chi connectivity index (χ0v) is 12.2. The van der Waals surface area contributed by atoms with Crippen LogP contribution in [0.15, 0.2) is 15.7 Å². The van der Waals surface area contributed by atoms with E-state index in [1.54, 1.807) is 6.07 Å². The van der Waals surface area contributed by atoms with Gasteiger partial charge in [-0.15, -0.1) is 11.3 Å². The quantitative estimate of drug-likeness (QED) is 0.841. The van der Waals surface area contributed by atoms with E-state index in [-0.39, 0.29) is 0 Å². The van der Waals surface area contributed by atoms with Crippen LogP contribution < -0.4 is 10.0 Å². The fourth-order valence-corrected chi connectivity index (χ4v) is 4.67. The van der Waals surface area contributed by atoms with Crippen molar-refractivity contribution in [2.24, 2.45) is 5.92 Å². The number of sulfonamides is 1. The monoisotopic (exact) mass is 288 g/mol. The van der Waals surface area contributed by atoms with Crippen LogP contribution in [-0.2, 0) is 16.6 Å². The van der Waals surface area contributed by atoms with E-state index in [2.05, 4.69) is 10.0 Å². The summed E-state index contributed by atoms with van der Waals surface area (Å²) in [6, 6.07) is 1.75. The second-order valence-corrected chi connectivity index (χ2v) is 7.71. The lowest BCUT2D eigenvalue weighted by Crippen LogP contribution is -2.27. The zero-order chi connectivity index (χ0) is 13.0. The third-order valence-electron chi connectivity index (χ3n) is 3.31. The number of hydrogen-bond donors (Lipinski definition) is 2. The first-order valence-electron chi connectivity index (χ1n) is 6.33. The average Bonchev–Trinajstić information content (AvgIpc) is 2.98. The number of nitrogens with one attached hydrogen (secondary N) is 2. The van der Waals surface area contributed by atoms with Gasteiger partial charge in [0.1, 0.15) is 4.21 Å². The molecular formula is C12H20N2O2S2. The molecule has 102 valence electrons. The summed E-state index contributed by atoms with van der Waals surface area (Å²) < 4.78 is 27.3. The molecule has 1 saturated carbocycles. The predicted octanol–water partition coefficient (Wildman–Crippen LogP) is 1.94. The molecule has 1 heterocycles. The smallest absolute Gasteiger partial charge is 0.250 e. The van der Waals surface area contributed by atoms with Crippen molar-refractivity contribution in [1.29, 1.82) is 0 Å². The summed E-state index contributed by atoms with van der Waals surface area (Å²) in [7, 11) is -1.45.